The van der Waals surface area contributed by atoms with Crippen molar-refractivity contribution >= 4 is 0 Å². The highest BCUT2D eigenvalue weighted by Crippen LogP contribution is 2.44. The maximum Gasteiger partial charge on any atom is 0.248 e. The summed E-state index contributed by atoms with van der Waals surface area (Å²) in [5, 5.41) is 9.97. The molecule has 3 nitrogen and oxygen atoms in total. The van der Waals surface area contributed by atoms with Gasteiger partial charge in [-0.3, -0.25) is 0 Å². The van der Waals surface area contributed by atoms with Crippen molar-refractivity contribution in [2.24, 2.45) is 5.73 Å². The van der Waals surface area contributed by atoms with Gasteiger partial charge in [-0.05, 0) is 12.8 Å². The van der Waals surface area contributed by atoms with Crippen LogP contribution in [0, 0.1) is 0 Å². The van der Waals surface area contributed by atoms with Crippen LogP contribution >= 0.6 is 0 Å². The minimum Gasteiger partial charge on any atom is -0.383 e. The quantitative estimate of drug-likeness (QED) is 0.664. The third kappa shape index (κ3) is 1.43. The van der Waals surface area contributed by atoms with Crippen molar-refractivity contribution in [1.82, 2.24) is 0 Å². The van der Waals surface area contributed by atoms with Crippen LogP contribution < -0.4 is 5.73 Å². The van der Waals surface area contributed by atoms with E-state index in [9.17, 15) is 13.9 Å². The van der Waals surface area contributed by atoms with Gasteiger partial charge in [-0.15, -0.1) is 0 Å². The number of ether oxygens (including phenoxy) is 1. The monoisotopic (exact) mass is 207 g/mol. The lowest BCUT2D eigenvalue weighted by molar-refractivity contribution is -0.228. The fourth-order valence-electron chi connectivity index (χ4n) is 2.11. The summed E-state index contributed by atoms with van der Waals surface area (Å²) in [6, 6.07) is 0. The molecule has 1 saturated carbocycles. The third-order valence-corrected chi connectivity index (χ3v) is 3.48. The minimum atomic E-state index is -2.61. The van der Waals surface area contributed by atoms with Gasteiger partial charge < -0.3 is 15.6 Å². The van der Waals surface area contributed by atoms with E-state index in [-0.39, 0.29) is 38.9 Å². The lowest BCUT2D eigenvalue weighted by Crippen LogP contribution is -2.71. The zero-order chi connectivity index (χ0) is 10.4. The Labute approximate surface area is 81.2 Å². The van der Waals surface area contributed by atoms with Gasteiger partial charge in [-0.25, -0.2) is 8.78 Å². The third-order valence-electron chi connectivity index (χ3n) is 3.48. The molecule has 0 amide bonds. The average Bonchev–Trinajstić information content (AvgIpc) is 2.07. The van der Waals surface area contributed by atoms with Gasteiger partial charge in [0, 0.05) is 18.4 Å². The molecule has 1 aliphatic carbocycles. The minimum absolute atomic E-state index is 0.167. The van der Waals surface area contributed by atoms with Crippen molar-refractivity contribution in [1.29, 1.82) is 0 Å². The molecule has 3 N–H and O–H groups in total. The topological polar surface area (TPSA) is 55.5 Å². The van der Waals surface area contributed by atoms with E-state index in [1.165, 1.54) is 0 Å². The Morgan fingerprint density at radius 2 is 1.57 bits per heavy atom. The predicted molar refractivity (Wildman–Crippen MR) is 46.1 cm³/mol. The Morgan fingerprint density at radius 3 is 1.93 bits per heavy atom. The fourth-order valence-corrected chi connectivity index (χ4v) is 2.11. The molecule has 0 aromatic rings. The van der Waals surface area contributed by atoms with Gasteiger partial charge in [0.1, 0.15) is 5.60 Å². The molecule has 1 heterocycles. The first kappa shape index (κ1) is 10.3. The first-order valence-corrected chi connectivity index (χ1v) is 4.84. The summed E-state index contributed by atoms with van der Waals surface area (Å²) in [5.74, 6) is -2.61. The molecule has 0 spiro atoms. The molecule has 0 aromatic carbocycles. The second kappa shape index (κ2) is 2.87. The Morgan fingerprint density at radius 1 is 1.07 bits per heavy atom. The number of halogens is 2. The summed E-state index contributed by atoms with van der Waals surface area (Å²) >= 11 is 0. The number of alkyl halides is 2. The van der Waals surface area contributed by atoms with Crippen LogP contribution in [-0.2, 0) is 4.74 Å². The Hall–Kier alpha value is -0.260. The van der Waals surface area contributed by atoms with Gasteiger partial charge in [0.05, 0.1) is 13.2 Å². The molecule has 0 unspecified atom stereocenters. The molecule has 2 fully saturated rings. The molecule has 1 saturated heterocycles. The van der Waals surface area contributed by atoms with Crippen molar-refractivity contribution in [2.75, 3.05) is 13.2 Å². The highest BCUT2D eigenvalue weighted by molar-refractivity contribution is 5.10. The molecule has 0 aromatic heterocycles. The number of aliphatic hydroxyl groups is 1. The van der Waals surface area contributed by atoms with E-state index in [2.05, 4.69) is 0 Å². The molecule has 0 atom stereocenters. The van der Waals surface area contributed by atoms with E-state index in [1.54, 1.807) is 0 Å². The molecule has 14 heavy (non-hydrogen) atoms. The largest absolute Gasteiger partial charge is 0.383 e. The molecule has 2 aliphatic rings. The zero-order valence-electron chi connectivity index (χ0n) is 7.93. The first-order chi connectivity index (χ1) is 6.37. The van der Waals surface area contributed by atoms with Gasteiger partial charge in [0.15, 0.2) is 0 Å². The Kier molecular flexibility index (Phi) is 2.10. The molecular formula is C9H15F2NO2. The Balaban J connectivity index is 2.05. The van der Waals surface area contributed by atoms with E-state index in [0.717, 1.165) is 0 Å². The second-order valence-electron chi connectivity index (χ2n) is 4.54. The maximum absolute atomic E-state index is 12.9. The second-order valence-corrected chi connectivity index (χ2v) is 4.54. The van der Waals surface area contributed by atoms with E-state index in [1.807, 2.05) is 0 Å². The van der Waals surface area contributed by atoms with Gasteiger partial charge >= 0.3 is 0 Å². The van der Waals surface area contributed by atoms with Gasteiger partial charge in [0.25, 0.3) is 0 Å². The normalized spacial score (nSPS) is 33.4. The van der Waals surface area contributed by atoms with Crippen molar-refractivity contribution < 1.29 is 18.6 Å². The zero-order valence-corrected chi connectivity index (χ0v) is 7.93. The number of rotatable bonds is 1. The van der Waals surface area contributed by atoms with Crippen molar-refractivity contribution in [3.05, 3.63) is 0 Å². The predicted octanol–water partition coefficient (Wildman–Crippen LogP) is 0.654. The van der Waals surface area contributed by atoms with Crippen LogP contribution in [0.3, 0.4) is 0 Å². The van der Waals surface area contributed by atoms with Crippen molar-refractivity contribution in [2.45, 2.75) is 42.7 Å². The standard InChI is InChI=1S/C9H15F2NO2/c10-9(11)3-1-7(12,2-4-9)8(13)5-14-6-8/h13H,1-6,12H2. The molecule has 0 bridgehead atoms. The summed E-state index contributed by atoms with van der Waals surface area (Å²) < 4.78 is 30.7. The summed E-state index contributed by atoms with van der Waals surface area (Å²) in [5.41, 5.74) is 3.99. The van der Waals surface area contributed by atoms with Crippen molar-refractivity contribution in [3.63, 3.8) is 0 Å². The van der Waals surface area contributed by atoms with Crippen LogP contribution in [0.1, 0.15) is 25.7 Å². The van der Waals surface area contributed by atoms with Crippen LogP contribution in [0.5, 0.6) is 0 Å². The summed E-state index contributed by atoms with van der Waals surface area (Å²) in [4.78, 5) is 0. The van der Waals surface area contributed by atoms with Crippen LogP contribution in [0.15, 0.2) is 0 Å². The van der Waals surface area contributed by atoms with Gasteiger partial charge in [-0.2, -0.15) is 0 Å². The molecule has 1 aliphatic heterocycles. The van der Waals surface area contributed by atoms with Crippen molar-refractivity contribution in [3.8, 4) is 0 Å². The van der Waals surface area contributed by atoms with E-state index < -0.39 is 17.1 Å². The molecule has 82 valence electrons. The number of nitrogens with two attached hydrogens (primary N) is 1. The Bertz CT molecular complexity index is 231. The van der Waals surface area contributed by atoms with E-state index >= 15 is 0 Å². The highest BCUT2D eigenvalue weighted by atomic mass is 19.3. The van der Waals surface area contributed by atoms with Crippen LogP contribution in [0.2, 0.25) is 0 Å². The lowest BCUT2D eigenvalue weighted by Gasteiger charge is -2.52. The summed E-state index contributed by atoms with van der Waals surface area (Å²) in [6.07, 6.45) is -0.128. The first-order valence-electron chi connectivity index (χ1n) is 4.84. The van der Waals surface area contributed by atoms with Gasteiger partial charge in [-0.1, -0.05) is 0 Å². The maximum atomic E-state index is 12.9. The summed E-state index contributed by atoms with van der Waals surface area (Å²) in [7, 11) is 0. The molecular weight excluding hydrogens is 192 g/mol. The highest BCUT2D eigenvalue weighted by Gasteiger charge is 2.56. The molecule has 5 heteroatoms. The van der Waals surface area contributed by atoms with E-state index in [4.69, 9.17) is 10.5 Å². The molecule has 0 radical (unpaired) electrons. The fraction of sp³-hybridized carbons (Fsp3) is 1.00. The smallest absolute Gasteiger partial charge is 0.248 e. The van der Waals surface area contributed by atoms with E-state index in [0.29, 0.717) is 0 Å². The van der Waals surface area contributed by atoms with Gasteiger partial charge in [0.2, 0.25) is 5.92 Å². The summed E-state index contributed by atoms with van der Waals surface area (Å²) in [6.45, 7) is 0.351. The van der Waals surface area contributed by atoms with Crippen LogP contribution in [-0.4, -0.2) is 35.4 Å². The lowest BCUT2D eigenvalue weighted by atomic mass is 9.68. The van der Waals surface area contributed by atoms with Crippen LogP contribution in [0.25, 0.3) is 0 Å². The molecule has 2 rings (SSSR count). The van der Waals surface area contributed by atoms with Crippen LogP contribution in [0.4, 0.5) is 8.78 Å². The number of hydrogen-bond acceptors (Lipinski definition) is 3. The average molecular weight is 207 g/mol. The number of hydrogen-bond donors (Lipinski definition) is 2. The SMILES string of the molecule is NC1(C2(O)COC2)CCC(F)(F)CC1.